The molecule has 19 heavy (non-hydrogen) atoms. The summed E-state index contributed by atoms with van der Waals surface area (Å²) in [6, 6.07) is 0. The fourth-order valence-corrected chi connectivity index (χ4v) is 2.45. The molecule has 0 saturated heterocycles. The van der Waals surface area contributed by atoms with Crippen LogP contribution in [0, 0.1) is 0 Å². The molecule has 102 valence electrons. The second kappa shape index (κ2) is 6.62. The van der Waals surface area contributed by atoms with Gasteiger partial charge in [0.1, 0.15) is 5.01 Å². The van der Waals surface area contributed by atoms with E-state index in [2.05, 4.69) is 25.7 Å². The molecule has 0 aliphatic rings. The molecule has 0 aromatic carbocycles. The molecule has 2 aromatic heterocycles. The molecule has 2 rings (SSSR count). The number of aromatic nitrogens is 4. The van der Waals surface area contributed by atoms with Crippen LogP contribution in [0.2, 0.25) is 0 Å². The van der Waals surface area contributed by atoms with Crippen LogP contribution in [0.3, 0.4) is 0 Å². The lowest BCUT2D eigenvalue weighted by molar-refractivity contribution is -0.113. The van der Waals surface area contributed by atoms with Crippen LogP contribution >= 0.6 is 23.1 Å². The zero-order chi connectivity index (χ0) is 13.7. The minimum Gasteiger partial charge on any atom is -0.416 e. The second-order valence-corrected chi connectivity index (χ2v) is 5.50. The lowest BCUT2D eigenvalue weighted by atomic mass is 10.5. The van der Waals surface area contributed by atoms with Crippen molar-refractivity contribution in [1.29, 1.82) is 0 Å². The van der Waals surface area contributed by atoms with Gasteiger partial charge in [-0.15, -0.1) is 20.4 Å². The molecule has 7 nitrogen and oxygen atoms in total. The highest BCUT2D eigenvalue weighted by Crippen LogP contribution is 2.18. The molecular formula is C10H13N5O2S2. The van der Waals surface area contributed by atoms with E-state index in [9.17, 15) is 4.79 Å². The summed E-state index contributed by atoms with van der Waals surface area (Å²) in [7, 11) is 0. The largest absolute Gasteiger partial charge is 0.416 e. The summed E-state index contributed by atoms with van der Waals surface area (Å²) in [6.07, 6.45) is 1.49. The summed E-state index contributed by atoms with van der Waals surface area (Å²) >= 11 is 2.58. The molecule has 0 aliphatic heterocycles. The van der Waals surface area contributed by atoms with Crippen LogP contribution in [-0.4, -0.2) is 32.1 Å². The predicted octanol–water partition coefficient (Wildman–Crippen LogP) is 1.78. The summed E-state index contributed by atoms with van der Waals surface area (Å²) in [5, 5.41) is 19.9. The first-order valence-electron chi connectivity index (χ1n) is 5.78. The third-order valence-electron chi connectivity index (χ3n) is 2.09. The normalized spacial score (nSPS) is 10.6. The van der Waals surface area contributed by atoms with Gasteiger partial charge >= 0.3 is 0 Å². The molecule has 0 radical (unpaired) electrons. The van der Waals surface area contributed by atoms with Gasteiger partial charge in [-0.05, 0) is 6.42 Å². The molecule has 0 aliphatic carbocycles. The average Bonchev–Trinajstić information content (AvgIpc) is 3.04. The maximum absolute atomic E-state index is 11.7. The number of hydrogen-bond acceptors (Lipinski definition) is 8. The Morgan fingerprint density at radius 2 is 2.11 bits per heavy atom. The van der Waals surface area contributed by atoms with Crippen molar-refractivity contribution in [1.82, 2.24) is 20.4 Å². The smallest absolute Gasteiger partial charge is 0.277 e. The van der Waals surface area contributed by atoms with Crippen molar-refractivity contribution in [2.75, 3.05) is 11.1 Å². The van der Waals surface area contributed by atoms with Crippen molar-refractivity contribution >= 4 is 34.1 Å². The Morgan fingerprint density at radius 3 is 2.74 bits per heavy atom. The number of thioether (sulfide) groups is 1. The Labute approximate surface area is 118 Å². The maximum atomic E-state index is 11.7. The number of carbonyl (C=O) groups excluding carboxylic acids is 1. The Balaban J connectivity index is 1.81. The van der Waals surface area contributed by atoms with Gasteiger partial charge in [-0.1, -0.05) is 36.9 Å². The molecule has 2 heterocycles. The van der Waals surface area contributed by atoms with Crippen molar-refractivity contribution < 1.29 is 9.21 Å². The monoisotopic (exact) mass is 299 g/mol. The first kappa shape index (κ1) is 13.9. The second-order valence-electron chi connectivity index (χ2n) is 3.51. The van der Waals surface area contributed by atoms with Crippen LogP contribution < -0.4 is 5.32 Å². The highest BCUT2D eigenvalue weighted by Gasteiger charge is 2.11. The van der Waals surface area contributed by atoms with Crippen LogP contribution in [0.4, 0.5) is 5.13 Å². The minimum absolute atomic E-state index is 0.167. The lowest BCUT2D eigenvalue weighted by Crippen LogP contribution is -2.13. The molecule has 0 spiro atoms. The number of nitrogens with zero attached hydrogens (tertiary/aromatic N) is 4. The number of carbonyl (C=O) groups is 1. The van der Waals surface area contributed by atoms with Crippen molar-refractivity contribution in [2.45, 2.75) is 31.9 Å². The number of anilines is 1. The van der Waals surface area contributed by atoms with Gasteiger partial charge in [0.25, 0.3) is 5.22 Å². The van der Waals surface area contributed by atoms with Crippen LogP contribution in [0.25, 0.3) is 0 Å². The SMILES string of the molecule is CCc1nnc(SCC(=O)Nc2nnc(CC)s2)o1. The van der Waals surface area contributed by atoms with Gasteiger partial charge in [0.05, 0.1) is 5.75 Å². The Morgan fingerprint density at radius 1 is 1.26 bits per heavy atom. The molecule has 1 amide bonds. The first-order chi connectivity index (χ1) is 9.21. The summed E-state index contributed by atoms with van der Waals surface area (Å²) in [5.74, 6) is 0.603. The number of aryl methyl sites for hydroxylation is 2. The standard InChI is InChI=1S/C10H13N5O2S2/c1-3-7-12-15-10(17-7)18-5-6(16)11-9-14-13-8(4-2)19-9/h3-5H2,1-2H3,(H,11,14,16). The molecular weight excluding hydrogens is 286 g/mol. The van der Waals surface area contributed by atoms with Crippen molar-refractivity contribution in [2.24, 2.45) is 0 Å². The summed E-state index contributed by atoms with van der Waals surface area (Å²) in [6.45, 7) is 3.91. The molecule has 0 saturated carbocycles. The van der Waals surface area contributed by atoms with E-state index in [0.717, 1.165) is 11.4 Å². The van der Waals surface area contributed by atoms with E-state index in [4.69, 9.17) is 4.42 Å². The summed E-state index contributed by atoms with van der Waals surface area (Å²) < 4.78 is 5.29. The number of nitrogens with one attached hydrogen (secondary N) is 1. The van der Waals surface area contributed by atoms with Crippen LogP contribution in [0.15, 0.2) is 9.64 Å². The topological polar surface area (TPSA) is 93.8 Å². The highest BCUT2D eigenvalue weighted by molar-refractivity contribution is 7.99. The third-order valence-corrected chi connectivity index (χ3v) is 3.89. The van der Waals surface area contributed by atoms with Gasteiger partial charge in [0.15, 0.2) is 0 Å². The van der Waals surface area contributed by atoms with E-state index >= 15 is 0 Å². The van der Waals surface area contributed by atoms with Crippen LogP contribution in [0.5, 0.6) is 0 Å². The van der Waals surface area contributed by atoms with Crippen molar-refractivity contribution in [3.8, 4) is 0 Å². The van der Waals surface area contributed by atoms with E-state index in [1.165, 1.54) is 23.1 Å². The maximum Gasteiger partial charge on any atom is 0.277 e. The molecule has 0 fully saturated rings. The quantitative estimate of drug-likeness (QED) is 0.812. The molecule has 0 bridgehead atoms. The van der Waals surface area contributed by atoms with Crippen LogP contribution in [0.1, 0.15) is 24.7 Å². The van der Waals surface area contributed by atoms with Gasteiger partial charge in [-0.25, -0.2) is 0 Å². The van der Waals surface area contributed by atoms with E-state index in [-0.39, 0.29) is 11.7 Å². The van der Waals surface area contributed by atoms with E-state index in [1.54, 1.807) is 0 Å². The van der Waals surface area contributed by atoms with Gasteiger partial charge in [0, 0.05) is 6.42 Å². The number of amides is 1. The molecule has 0 unspecified atom stereocenters. The zero-order valence-corrected chi connectivity index (χ0v) is 12.2. The lowest BCUT2D eigenvalue weighted by Gasteiger charge is -1.97. The zero-order valence-electron chi connectivity index (χ0n) is 10.5. The molecule has 1 N–H and O–H groups in total. The predicted molar refractivity (Wildman–Crippen MR) is 72.3 cm³/mol. The molecule has 2 aromatic rings. The number of hydrogen-bond donors (Lipinski definition) is 1. The Bertz CT molecular complexity index is 554. The first-order valence-corrected chi connectivity index (χ1v) is 7.58. The van der Waals surface area contributed by atoms with E-state index < -0.39 is 0 Å². The Hall–Kier alpha value is -1.48. The van der Waals surface area contributed by atoms with Crippen molar-refractivity contribution in [3.05, 3.63) is 10.9 Å². The average molecular weight is 299 g/mol. The Kier molecular flexibility index (Phi) is 4.86. The van der Waals surface area contributed by atoms with E-state index in [1.807, 2.05) is 13.8 Å². The minimum atomic E-state index is -0.167. The molecule has 9 heteroatoms. The van der Waals surface area contributed by atoms with Crippen LogP contribution in [-0.2, 0) is 17.6 Å². The molecule has 0 atom stereocenters. The fraction of sp³-hybridized carbons (Fsp3) is 0.500. The summed E-state index contributed by atoms with van der Waals surface area (Å²) in [4.78, 5) is 11.7. The fourth-order valence-electron chi connectivity index (χ4n) is 1.17. The van der Waals surface area contributed by atoms with Gasteiger partial charge in [-0.3, -0.25) is 10.1 Å². The van der Waals surface area contributed by atoms with Gasteiger partial charge < -0.3 is 4.42 Å². The van der Waals surface area contributed by atoms with E-state index in [0.29, 0.717) is 22.7 Å². The van der Waals surface area contributed by atoms with Crippen molar-refractivity contribution in [3.63, 3.8) is 0 Å². The number of rotatable bonds is 6. The van der Waals surface area contributed by atoms with Gasteiger partial charge in [-0.2, -0.15) is 0 Å². The summed E-state index contributed by atoms with van der Waals surface area (Å²) in [5.41, 5.74) is 0. The van der Waals surface area contributed by atoms with Gasteiger partial charge in [0.2, 0.25) is 16.9 Å². The highest BCUT2D eigenvalue weighted by atomic mass is 32.2. The third kappa shape index (κ3) is 4.00.